The highest BCUT2D eigenvalue weighted by atomic mass is 16.5. The van der Waals surface area contributed by atoms with Crippen LogP contribution in [0.3, 0.4) is 0 Å². The molecule has 1 aromatic carbocycles. The molecule has 21 heavy (non-hydrogen) atoms. The minimum absolute atomic E-state index is 0.0377. The van der Waals surface area contributed by atoms with E-state index in [2.05, 4.69) is 5.32 Å². The van der Waals surface area contributed by atoms with Gasteiger partial charge >= 0.3 is 5.97 Å². The van der Waals surface area contributed by atoms with Crippen LogP contribution in [-0.4, -0.2) is 36.7 Å². The van der Waals surface area contributed by atoms with Crippen LogP contribution in [0.5, 0.6) is 11.5 Å². The summed E-state index contributed by atoms with van der Waals surface area (Å²) in [5.41, 5.74) is -0.601. The molecule has 0 spiro atoms. The van der Waals surface area contributed by atoms with Gasteiger partial charge in [-0.1, -0.05) is 13.0 Å². The van der Waals surface area contributed by atoms with Crippen LogP contribution in [0.2, 0.25) is 0 Å². The van der Waals surface area contributed by atoms with E-state index in [9.17, 15) is 9.59 Å². The predicted molar refractivity (Wildman–Crippen MR) is 77.7 cm³/mol. The lowest BCUT2D eigenvalue weighted by molar-refractivity contribution is -0.146. The zero-order valence-electron chi connectivity index (χ0n) is 12.7. The second-order valence-corrected chi connectivity index (χ2v) is 4.89. The number of carboxylic acids is 1. The van der Waals surface area contributed by atoms with Crippen molar-refractivity contribution in [1.29, 1.82) is 0 Å². The molecule has 2 N–H and O–H groups in total. The van der Waals surface area contributed by atoms with Crippen LogP contribution in [-0.2, 0) is 16.0 Å². The first-order chi connectivity index (χ1) is 9.86. The standard InChI is InChI=1S/C15H21NO5/c1-5-15(2,14(18)19)16-13(17)8-10-6-7-11(20-3)9-12(10)21-4/h6-7,9H,5,8H2,1-4H3,(H,16,17)(H,18,19). The van der Waals surface area contributed by atoms with Crippen LogP contribution in [0.15, 0.2) is 18.2 Å². The normalized spacial score (nSPS) is 13.1. The molecule has 1 atom stereocenters. The maximum atomic E-state index is 12.1. The molecule has 0 saturated heterocycles. The van der Waals surface area contributed by atoms with Gasteiger partial charge in [0.1, 0.15) is 17.0 Å². The van der Waals surface area contributed by atoms with Crippen LogP contribution in [0.1, 0.15) is 25.8 Å². The summed E-state index contributed by atoms with van der Waals surface area (Å²) in [4.78, 5) is 23.2. The maximum absolute atomic E-state index is 12.1. The van der Waals surface area contributed by atoms with E-state index < -0.39 is 11.5 Å². The van der Waals surface area contributed by atoms with Gasteiger partial charge in [0.15, 0.2) is 0 Å². The second kappa shape index (κ2) is 6.97. The van der Waals surface area contributed by atoms with E-state index in [1.54, 1.807) is 32.2 Å². The third-order valence-electron chi connectivity index (χ3n) is 3.44. The average molecular weight is 295 g/mol. The number of rotatable bonds is 7. The van der Waals surface area contributed by atoms with Crippen molar-refractivity contribution in [2.75, 3.05) is 14.2 Å². The van der Waals surface area contributed by atoms with Crippen molar-refractivity contribution < 1.29 is 24.2 Å². The largest absolute Gasteiger partial charge is 0.497 e. The van der Waals surface area contributed by atoms with Crippen molar-refractivity contribution >= 4 is 11.9 Å². The van der Waals surface area contributed by atoms with Gasteiger partial charge in [-0.3, -0.25) is 4.79 Å². The minimum Gasteiger partial charge on any atom is -0.497 e. The second-order valence-electron chi connectivity index (χ2n) is 4.89. The SMILES string of the molecule is CCC(C)(NC(=O)Cc1ccc(OC)cc1OC)C(=O)O. The number of hydrogen-bond donors (Lipinski definition) is 2. The third kappa shape index (κ3) is 4.11. The van der Waals surface area contributed by atoms with E-state index in [1.165, 1.54) is 14.0 Å². The Kier molecular flexibility index (Phi) is 5.58. The summed E-state index contributed by atoms with van der Waals surface area (Å²) in [6.07, 6.45) is 0.337. The van der Waals surface area contributed by atoms with E-state index >= 15 is 0 Å². The molecule has 0 aliphatic rings. The fourth-order valence-corrected chi connectivity index (χ4v) is 1.82. The van der Waals surface area contributed by atoms with Gasteiger partial charge in [-0.15, -0.1) is 0 Å². The lowest BCUT2D eigenvalue weighted by Gasteiger charge is -2.24. The highest BCUT2D eigenvalue weighted by Crippen LogP contribution is 2.25. The first-order valence-electron chi connectivity index (χ1n) is 6.61. The Morgan fingerprint density at radius 3 is 2.43 bits per heavy atom. The number of benzene rings is 1. The molecular weight excluding hydrogens is 274 g/mol. The minimum atomic E-state index is -1.27. The summed E-state index contributed by atoms with van der Waals surface area (Å²) in [6, 6.07) is 5.13. The van der Waals surface area contributed by atoms with Gasteiger partial charge in [-0.05, 0) is 19.4 Å². The molecule has 0 fully saturated rings. The molecule has 0 saturated carbocycles. The molecule has 1 unspecified atom stereocenters. The molecule has 0 bridgehead atoms. The monoisotopic (exact) mass is 295 g/mol. The third-order valence-corrected chi connectivity index (χ3v) is 3.44. The summed E-state index contributed by atoms with van der Waals surface area (Å²) < 4.78 is 10.3. The quantitative estimate of drug-likeness (QED) is 0.798. The average Bonchev–Trinajstić information content (AvgIpc) is 2.47. The molecule has 0 aliphatic heterocycles. The summed E-state index contributed by atoms with van der Waals surface area (Å²) >= 11 is 0. The van der Waals surface area contributed by atoms with Gasteiger partial charge in [0.25, 0.3) is 0 Å². The van der Waals surface area contributed by atoms with Crippen molar-refractivity contribution in [1.82, 2.24) is 5.32 Å². The molecule has 6 nitrogen and oxygen atoms in total. The van der Waals surface area contributed by atoms with Crippen LogP contribution in [0.25, 0.3) is 0 Å². The first kappa shape index (κ1) is 16.8. The molecule has 1 aromatic rings. The first-order valence-corrected chi connectivity index (χ1v) is 6.61. The molecule has 0 heterocycles. The fraction of sp³-hybridized carbons (Fsp3) is 0.467. The fourth-order valence-electron chi connectivity index (χ4n) is 1.82. The van der Waals surface area contributed by atoms with Gasteiger partial charge in [-0.25, -0.2) is 4.79 Å². The predicted octanol–water partition coefficient (Wildman–Crippen LogP) is 1.62. The smallest absolute Gasteiger partial charge is 0.329 e. The molecule has 1 rings (SSSR count). The number of amides is 1. The lowest BCUT2D eigenvalue weighted by atomic mass is 9.98. The molecule has 0 aliphatic carbocycles. The Morgan fingerprint density at radius 2 is 1.95 bits per heavy atom. The molecule has 1 amide bonds. The molecule has 0 radical (unpaired) electrons. The lowest BCUT2D eigenvalue weighted by Crippen LogP contribution is -2.52. The number of aliphatic carboxylic acids is 1. The summed E-state index contributed by atoms with van der Waals surface area (Å²) in [7, 11) is 3.05. The van der Waals surface area contributed by atoms with Crippen molar-refractivity contribution in [3.63, 3.8) is 0 Å². The zero-order valence-corrected chi connectivity index (χ0v) is 12.7. The summed E-state index contributed by atoms with van der Waals surface area (Å²) in [6.45, 7) is 3.20. The van der Waals surface area contributed by atoms with Gasteiger partial charge in [0.05, 0.1) is 20.6 Å². The van der Waals surface area contributed by atoms with Crippen molar-refractivity contribution in [2.24, 2.45) is 0 Å². The van der Waals surface area contributed by atoms with Crippen LogP contribution in [0, 0.1) is 0 Å². The van der Waals surface area contributed by atoms with Crippen LogP contribution >= 0.6 is 0 Å². The van der Waals surface area contributed by atoms with Gasteiger partial charge in [0.2, 0.25) is 5.91 Å². The van der Waals surface area contributed by atoms with Gasteiger partial charge < -0.3 is 19.9 Å². The molecule has 6 heteroatoms. The Hall–Kier alpha value is -2.24. The summed E-state index contributed by atoms with van der Waals surface area (Å²) in [5.74, 6) is -0.275. The van der Waals surface area contributed by atoms with E-state index in [0.29, 0.717) is 23.5 Å². The molecular formula is C15H21NO5. The topological polar surface area (TPSA) is 84.9 Å². The Bertz CT molecular complexity index is 529. The van der Waals surface area contributed by atoms with Crippen molar-refractivity contribution in [2.45, 2.75) is 32.2 Å². The number of carbonyl (C=O) groups excluding carboxylic acids is 1. The highest BCUT2D eigenvalue weighted by molar-refractivity contribution is 5.87. The van der Waals surface area contributed by atoms with Gasteiger partial charge in [0, 0.05) is 11.6 Å². The number of methoxy groups -OCH3 is 2. The Balaban J connectivity index is 2.86. The number of carbonyl (C=O) groups is 2. The molecule has 116 valence electrons. The maximum Gasteiger partial charge on any atom is 0.329 e. The van der Waals surface area contributed by atoms with Gasteiger partial charge in [-0.2, -0.15) is 0 Å². The van der Waals surface area contributed by atoms with E-state index in [4.69, 9.17) is 14.6 Å². The van der Waals surface area contributed by atoms with Crippen LogP contribution < -0.4 is 14.8 Å². The Labute approximate surface area is 124 Å². The highest BCUT2D eigenvalue weighted by Gasteiger charge is 2.32. The summed E-state index contributed by atoms with van der Waals surface area (Å²) in [5, 5.41) is 11.7. The number of carboxylic acid groups (broad SMARTS) is 1. The zero-order chi connectivity index (χ0) is 16.0. The number of hydrogen-bond acceptors (Lipinski definition) is 4. The molecule has 0 aromatic heterocycles. The van der Waals surface area contributed by atoms with E-state index in [1.807, 2.05) is 0 Å². The Morgan fingerprint density at radius 1 is 1.29 bits per heavy atom. The van der Waals surface area contributed by atoms with E-state index in [-0.39, 0.29) is 12.3 Å². The van der Waals surface area contributed by atoms with Crippen molar-refractivity contribution in [3.8, 4) is 11.5 Å². The number of ether oxygens (including phenoxy) is 2. The van der Waals surface area contributed by atoms with Crippen molar-refractivity contribution in [3.05, 3.63) is 23.8 Å². The number of nitrogens with one attached hydrogen (secondary N) is 1. The van der Waals surface area contributed by atoms with E-state index in [0.717, 1.165) is 0 Å². The van der Waals surface area contributed by atoms with Crippen LogP contribution in [0.4, 0.5) is 0 Å².